The SMILES string of the molecule is C=N/C(C(=O)c1ccnc(OC)c1Cl)=C(/Cl)N=C(C)Cl. The fraction of sp³-hybridized carbons (Fsp3) is 0.167. The molecule has 0 aliphatic heterocycles. The third-order valence-electron chi connectivity index (χ3n) is 2.12. The van der Waals surface area contributed by atoms with Crippen molar-refractivity contribution in [3.63, 3.8) is 0 Å². The number of methoxy groups -OCH3 is 1. The summed E-state index contributed by atoms with van der Waals surface area (Å²) in [5.74, 6) is -0.438. The maximum Gasteiger partial charge on any atom is 0.233 e. The van der Waals surface area contributed by atoms with Gasteiger partial charge in [0.25, 0.3) is 0 Å². The van der Waals surface area contributed by atoms with Crippen LogP contribution in [0, 0.1) is 0 Å². The second kappa shape index (κ2) is 7.38. The molecule has 0 bridgehead atoms. The lowest BCUT2D eigenvalue weighted by Crippen LogP contribution is -2.05. The van der Waals surface area contributed by atoms with Crippen molar-refractivity contribution in [2.24, 2.45) is 9.98 Å². The minimum Gasteiger partial charge on any atom is -0.480 e. The van der Waals surface area contributed by atoms with Crippen LogP contribution in [0.25, 0.3) is 0 Å². The number of ketones is 1. The molecule has 0 aromatic carbocycles. The van der Waals surface area contributed by atoms with Gasteiger partial charge in [-0.05, 0) is 19.7 Å². The van der Waals surface area contributed by atoms with Crippen molar-refractivity contribution in [2.75, 3.05) is 7.11 Å². The number of allylic oxidation sites excluding steroid dienone is 1. The van der Waals surface area contributed by atoms with Gasteiger partial charge in [-0.2, -0.15) is 0 Å². The molecule has 0 saturated carbocycles. The van der Waals surface area contributed by atoms with Crippen LogP contribution < -0.4 is 4.74 Å². The molecule has 1 rings (SSSR count). The van der Waals surface area contributed by atoms with Gasteiger partial charge in [-0.3, -0.25) is 9.79 Å². The zero-order valence-electron chi connectivity index (χ0n) is 10.7. The molecule has 20 heavy (non-hydrogen) atoms. The molecule has 0 fully saturated rings. The summed E-state index contributed by atoms with van der Waals surface area (Å²) in [6, 6.07) is 1.42. The number of Topliss-reactive ketones (excluding diaryl/α,β-unsaturated/α-hetero) is 1. The van der Waals surface area contributed by atoms with Gasteiger partial charge in [-0.25, -0.2) is 9.98 Å². The minimum absolute atomic E-state index is 0.0530. The smallest absolute Gasteiger partial charge is 0.233 e. The monoisotopic (exact) mass is 333 g/mol. The van der Waals surface area contributed by atoms with Gasteiger partial charge in [-0.1, -0.05) is 34.8 Å². The van der Waals surface area contributed by atoms with Crippen molar-refractivity contribution in [3.8, 4) is 5.88 Å². The maximum absolute atomic E-state index is 12.3. The first kappa shape index (κ1) is 16.6. The summed E-state index contributed by atoms with van der Waals surface area (Å²) >= 11 is 17.5. The van der Waals surface area contributed by atoms with Gasteiger partial charge in [0.1, 0.15) is 15.9 Å². The van der Waals surface area contributed by atoms with Crippen LogP contribution in [-0.2, 0) is 0 Å². The van der Waals surface area contributed by atoms with Gasteiger partial charge >= 0.3 is 0 Å². The number of hydrogen-bond donors (Lipinski definition) is 0. The highest BCUT2D eigenvalue weighted by atomic mass is 35.5. The molecule has 8 heteroatoms. The number of hydrogen-bond acceptors (Lipinski definition) is 5. The summed E-state index contributed by atoms with van der Waals surface area (Å²) in [6.07, 6.45) is 1.38. The Morgan fingerprint density at radius 1 is 1.45 bits per heavy atom. The van der Waals surface area contributed by atoms with E-state index in [9.17, 15) is 4.79 Å². The van der Waals surface area contributed by atoms with E-state index >= 15 is 0 Å². The van der Waals surface area contributed by atoms with Crippen LogP contribution in [0.2, 0.25) is 5.02 Å². The summed E-state index contributed by atoms with van der Waals surface area (Å²) in [7, 11) is 1.39. The topological polar surface area (TPSA) is 63.9 Å². The molecule has 0 atom stereocenters. The molecule has 0 N–H and O–H groups in total. The molecule has 0 amide bonds. The summed E-state index contributed by atoms with van der Waals surface area (Å²) in [5.41, 5.74) is -0.0386. The zero-order valence-corrected chi connectivity index (χ0v) is 12.9. The summed E-state index contributed by atoms with van der Waals surface area (Å²) in [6.45, 7) is 4.80. The number of pyridine rings is 1. The fourth-order valence-electron chi connectivity index (χ4n) is 1.29. The van der Waals surface area contributed by atoms with Crippen molar-refractivity contribution in [1.82, 2.24) is 4.98 Å². The summed E-state index contributed by atoms with van der Waals surface area (Å²) in [5, 5.41) is 0.0314. The van der Waals surface area contributed by atoms with E-state index in [0.29, 0.717) is 0 Å². The number of rotatable bonds is 5. The Hall–Kier alpha value is -1.43. The Balaban J connectivity index is 3.36. The number of ether oxygens (including phenoxy) is 1. The lowest BCUT2D eigenvalue weighted by Gasteiger charge is -2.07. The molecule has 0 aliphatic rings. The van der Waals surface area contributed by atoms with Gasteiger partial charge in [0.05, 0.1) is 7.11 Å². The van der Waals surface area contributed by atoms with Crippen LogP contribution >= 0.6 is 34.8 Å². The molecule has 0 aliphatic carbocycles. The molecule has 0 spiro atoms. The highest BCUT2D eigenvalue weighted by molar-refractivity contribution is 6.65. The van der Waals surface area contributed by atoms with E-state index in [2.05, 4.69) is 21.7 Å². The van der Waals surface area contributed by atoms with Crippen LogP contribution in [0.15, 0.2) is 33.1 Å². The van der Waals surface area contributed by atoms with Gasteiger partial charge in [0.15, 0.2) is 5.16 Å². The molecule has 0 unspecified atom stereocenters. The van der Waals surface area contributed by atoms with Crippen LogP contribution in [0.1, 0.15) is 17.3 Å². The molecule has 1 heterocycles. The van der Waals surface area contributed by atoms with E-state index in [4.69, 9.17) is 39.5 Å². The van der Waals surface area contributed by atoms with E-state index in [0.717, 1.165) is 0 Å². The molecule has 106 valence electrons. The quantitative estimate of drug-likeness (QED) is 0.357. The second-order valence-corrected chi connectivity index (χ2v) is 4.70. The molecule has 1 aromatic rings. The first-order chi connectivity index (χ1) is 9.42. The van der Waals surface area contributed by atoms with Crippen LogP contribution in [0.5, 0.6) is 5.88 Å². The van der Waals surface area contributed by atoms with Crippen molar-refractivity contribution in [3.05, 3.63) is 33.7 Å². The van der Waals surface area contributed by atoms with Gasteiger partial charge < -0.3 is 4.74 Å². The molecule has 5 nitrogen and oxygen atoms in total. The van der Waals surface area contributed by atoms with Crippen molar-refractivity contribution >= 4 is 52.5 Å². The molecular weight excluding hydrogens is 325 g/mol. The highest BCUT2D eigenvalue weighted by Crippen LogP contribution is 2.28. The molecular formula is C12H10Cl3N3O2. The first-order valence-corrected chi connectivity index (χ1v) is 6.36. The molecule has 1 aromatic heterocycles. The Bertz CT molecular complexity index is 608. The lowest BCUT2D eigenvalue weighted by molar-refractivity contribution is 0.103. The first-order valence-electron chi connectivity index (χ1n) is 5.22. The van der Waals surface area contributed by atoms with E-state index in [-0.39, 0.29) is 32.5 Å². The number of aliphatic imine (C=N–C) groups is 2. The summed E-state index contributed by atoms with van der Waals surface area (Å²) in [4.78, 5) is 23.5. The number of carbonyl (C=O) groups excluding carboxylic acids is 1. The molecule has 0 radical (unpaired) electrons. The predicted octanol–water partition coefficient (Wildman–Crippen LogP) is 3.69. The van der Waals surface area contributed by atoms with Crippen molar-refractivity contribution in [2.45, 2.75) is 6.92 Å². The van der Waals surface area contributed by atoms with Crippen molar-refractivity contribution in [1.29, 1.82) is 0 Å². The third kappa shape index (κ3) is 3.79. The van der Waals surface area contributed by atoms with Gasteiger partial charge in [0, 0.05) is 11.8 Å². The van der Waals surface area contributed by atoms with Gasteiger partial charge in [0.2, 0.25) is 11.7 Å². The second-order valence-electron chi connectivity index (χ2n) is 3.42. The number of nitrogens with zero attached hydrogens (tertiary/aromatic N) is 3. The van der Waals surface area contributed by atoms with Gasteiger partial charge in [-0.15, -0.1) is 0 Å². The Morgan fingerprint density at radius 2 is 2.10 bits per heavy atom. The van der Waals surface area contributed by atoms with E-state index in [1.807, 2.05) is 0 Å². The van der Waals surface area contributed by atoms with Crippen LogP contribution in [0.3, 0.4) is 0 Å². The normalized spacial score (nSPS) is 12.8. The van der Waals surface area contributed by atoms with Crippen molar-refractivity contribution < 1.29 is 9.53 Å². The van der Waals surface area contributed by atoms with Crippen LogP contribution in [-0.4, -0.2) is 29.8 Å². The van der Waals surface area contributed by atoms with E-state index in [1.54, 1.807) is 0 Å². The maximum atomic E-state index is 12.3. The average molecular weight is 335 g/mol. The fourth-order valence-corrected chi connectivity index (χ4v) is 1.96. The Labute approximate surface area is 130 Å². The summed E-state index contributed by atoms with van der Waals surface area (Å²) < 4.78 is 4.93. The highest BCUT2D eigenvalue weighted by Gasteiger charge is 2.20. The van der Waals surface area contributed by atoms with E-state index < -0.39 is 5.78 Å². The number of halogens is 3. The lowest BCUT2D eigenvalue weighted by atomic mass is 10.1. The molecule has 0 saturated heterocycles. The third-order valence-corrected chi connectivity index (χ3v) is 2.83. The largest absolute Gasteiger partial charge is 0.480 e. The predicted molar refractivity (Wildman–Crippen MR) is 81.5 cm³/mol. The Morgan fingerprint density at radius 3 is 2.60 bits per heavy atom. The standard InChI is InChI=1S/C12H10Cl3N3O2/c1-6(13)18-11(15)9(16-2)10(19)7-4-5-17-12(20-3)8(7)14/h4-5H,2H2,1,3H3/b11-9-,18-6?. The number of aromatic nitrogens is 1. The average Bonchev–Trinajstić information content (AvgIpc) is 2.38. The van der Waals surface area contributed by atoms with E-state index in [1.165, 1.54) is 26.3 Å². The zero-order chi connectivity index (χ0) is 15.3. The minimum atomic E-state index is -0.558. The Kier molecular flexibility index (Phi) is 6.13. The number of carbonyl (C=O) groups is 1. The van der Waals surface area contributed by atoms with Crippen LogP contribution in [0.4, 0.5) is 0 Å².